The molecule has 5 heteroatoms. The third kappa shape index (κ3) is 6.39. The van der Waals surface area contributed by atoms with Crippen LogP contribution in [-0.2, 0) is 4.79 Å². The summed E-state index contributed by atoms with van der Waals surface area (Å²) < 4.78 is 0. The Morgan fingerprint density at radius 1 is 1.20 bits per heavy atom. The van der Waals surface area contributed by atoms with Gasteiger partial charge in [-0.2, -0.15) is 0 Å². The van der Waals surface area contributed by atoms with Gasteiger partial charge in [0.25, 0.3) is 0 Å². The van der Waals surface area contributed by atoms with E-state index < -0.39 is 0 Å². The van der Waals surface area contributed by atoms with E-state index in [0.717, 1.165) is 5.56 Å². The normalized spacial score (nSPS) is 11.0. The predicted molar refractivity (Wildman–Crippen MR) is 103 cm³/mol. The zero-order chi connectivity index (χ0) is 18.1. The van der Waals surface area contributed by atoms with Gasteiger partial charge in [-0.1, -0.05) is 38.1 Å². The van der Waals surface area contributed by atoms with E-state index in [1.807, 2.05) is 12.1 Å². The molecular weight excluding hydrogens is 314 g/mol. The lowest BCUT2D eigenvalue weighted by Crippen LogP contribution is -2.09. The highest BCUT2D eigenvalue weighted by atomic mass is 16.3. The van der Waals surface area contributed by atoms with E-state index in [0.29, 0.717) is 30.4 Å². The molecule has 0 atom stereocenters. The van der Waals surface area contributed by atoms with Crippen LogP contribution in [0.1, 0.15) is 37.3 Å². The molecule has 0 fully saturated rings. The highest BCUT2D eigenvalue weighted by Gasteiger charge is 2.00. The predicted octanol–water partition coefficient (Wildman–Crippen LogP) is 3.65. The van der Waals surface area contributed by atoms with Crippen molar-refractivity contribution in [1.82, 2.24) is 4.98 Å². The molecule has 0 radical (unpaired) electrons. The molecule has 1 amide bonds. The molecule has 0 saturated carbocycles. The minimum absolute atomic E-state index is 0.147. The van der Waals surface area contributed by atoms with Gasteiger partial charge in [0.2, 0.25) is 5.91 Å². The minimum Gasteiger partial charge on any atom is -0.396 e. The van der Waals surface area contributed by atoms with Crippen LogP contribution in [0, 0.1) is 0 Å². The number of aliphatic hydroxyl groups is 1. The van der Waals surface area contributed by atoms with Gasteiger partial charge in [-0.05, 0) is 41.7 Å². The molecule has 0 aliphatic heterocycles. The van der Waals surface area contributed by atoms with Crippen LogP contribution in [0.2, 0.25) is 0 Å². The number of anilines is 2. The summed E-state index contributed by atoms with van der Waals surface area (Å²) in [7, 11) is 0. The second kappa shape index (κ2) is 9.59. The topological polar surface area (TPSA) is 74.2 Å². The van der Waals surface area contributed by atoms with Crippen molar-refractivity contribution in [3.63, 3.8) is 0 Å². The quantitative estimate of drug-likeness (QED) is 0.507. The van der Waals surface area contributed by atoms with Crippen molar-refractivity contribution in [2.45, 2.75) is 26.2 Å². The van der Waals surface area contributed by atoms with Crippen molar-refractivity contribution in [2.24, 2.45) is 0 Å². The number of amides is 1. The van der Waals surface area contributed by atoms with Crippen molar-refractivity contribution in [2.75, 3.05) is 23.8 Å². The molecule has 0 spiro atoms. The van der Waals surface area contributed by atoms with Crippen LogP contribution >= 0.6 is 0 Å². The van der Waals surface area contributed by atoms with Gasteiger partial charge in [0, 0.05) is 19.2 Å². The molecule has 3 N–H and O–H groups in total. The first-order chi connectivity index (χ1) is 12.1. The number of benzene rings is 1. The summed E-state index contributed by atoms with van der Waals surface area (Å²) in [5.41, 5.74) is 2.90. The van der Waals surface area contributed by atoms with E-state index in [9.17, 15) is 4.79 Å². The third-order valence-electron chi connectivity index (χ3n) is 3.70. The monoisotopic (exact) mass is 339 g/mol. The highest BCUT2D eigenvalue weighted by Crippen LogP contribution is 2.15. The number of carbonyl (C=O) groups is 1. The molecule has 0 saturated heterocycles. The van der Waals surface area contributed by atoms with Crippen molar-refractivity contribution >= 4 is 23.5 Å². The molecule has 0 bridgehead atoms. The fraction of sp³-hybridized carbons (Fsp3) is 0.300. The summed E-state index contributed by atoms with van der Waals surface area (Å²) in [5, 5.41) is 14.6. The van der Waals surface area contributed by atoms with Crippen molar-refractivity contribution in [3.05, 3.63) is 59.8 Å². The van der Waals surface area contributed by atoms with Gasteiger partial charge in [0.05, 0.1) is 11.9 Å². The molecule has 0 aliphatic carbocycles. The van der Waals surface area contributed by atoms with Gasteiger partial charge in [0.1, 0.15) is 5.82 Å². The zero-order valence-electron chi connectivity index (χ0n) is 14.7. The van der Waals surface area contributed by atoms with Crippen molar-refractivity contribution in [1.29, 1.82) is 0 Å². The molecule has 1 aromatic heterocycles. The number of hydrogen-bond acceptors (Lipinski definition) is 4. The largest absolute Gasteiger partial charge is 0.396 e. The Morgan fingerprint density at radius 2 is 1.96 bits per heavy atom. The average molecular weight is 339 g/mol. The van der Waals surface area contributed by atoms with E-state index in [-0.39, 0.29) is 12.5 Å². The number of nitrogens with one attached hydrogen (secondary N) is 2. The second-order valence-electron chi connectivity index (χ2n) is 6.08. The smallest absolute Gasteiger partial charge is 0.248 e. The van der Waals surface area contributed by atoms with Crippen molar-refractivity contribution in [3.8, 4) is 0 Å². The first-order valence-corrected chi connectivity index (χ1v) is 8.48. The summed E-state index contributed by atoms with van der Waals surface area (Å²) in [6, 6.07) is 11.8. The first kappa shape index (κ1) is 18.7. The van der Waals surface area contributed by atoms with Crippen LogP contribution in [0.15, 0.2) is 48.7 Å². The molecule has 2 rings (SSSR count). The van der Waals surface area contributed by atoms with Gasteiger partial charge in [-0.15, -0.1) is 0 Å². The van der Waals surface area contributed by atoms with Gasteiger partial charge in [-0.25, -0.2) is 4.98 Å². The third-order valence-corrected chi connectivity index (χ3v) is 3.70. The van der Waals surface area contributed by atoms with E-state index in [4.69, 9.17) is 5.11 Å². The van der Waals surface area contributed by atoms with Crippen LogP contribution in [-0.4, -0.2) is 29.1 Å². The van der Waals surface area contributed by atoms with Crippen LogP contribution in [0.3, 0.4) is 0 Å². The molecule has 1 aromatic carbocycles. The summed E-state index contributed by atoms with van der Waals surface area (Å²) in [6.07, 6.45) is 5.57. The summed E-state index contributed by atoms with van der Waals surface area (Å²) in [4.78, 5) is 16.2. The second-order valence-corrected chi connectivity index (χ2v) is 6.08. The molecule has 0 unspecified atom stereocenters. The lowest BCUT2D eigenvalue weighted by atomic mass is 10.0. The Balaban J connectivity index is 1.86. The fourth-order valence-electron chi connectivity index (χ4n) is 2.22. The number of carbonyl (C=O) groups excluding carboxylic acids is 1. The standard InChI is InChI=1S/C20H25N3O2/c1-15(2)17-7-4-16(5-8-17)6-11-20(25)23-18-9-10-19(22-14-18)21-12-3-13-24/h4-11,14-15,24H,3,12-13H2,1-2H3,(H,21,22)(H,23,25)/b11-6+. The molecule has 1 heterocycles. The number of aliphatic hydroxyl groups excluding tert-OH is 1. The maximum atomic E-state index is 12.0. The maximum Gasteiger partial charge on any atom is 0.248 e. The Kier molecular flexibility index (Phi) is 7.16. The van der Waals surface area contributed by atoms with Crippen LogP contribution in [0.25, 0.3) is 6.08 Å². The number of aromatic nitrogens is 1. The van der Waals surface area contributed by atoms with Crippen LogP contribution in [0.5, 0.6) is 0 Å². The molecule has 5 nitrogen and oxygen atoms in total. The van der Waals surface area contributed by atoms with Crippen LogP contribution in [0.4, 0.5) is 11.5 Å². The average Bonchev–Trinajstić information content (AvgIpc) is 2.62. The lowest BCUT2D eigenvalue weighted by Gasteiger charge is -2.06. The number of nitrogens with zero attached hydrogens (tertiary/aromatic N) is 1. The molecule has 0 aliphatic rings. The SMILES string of the molecule is CC(C)c1ccc(/C=C/C(=O)Nc2ccc(NCCCO)nc2)cc1. The molecule has 2 aromatic rings. The van der Waals surface area contributed by atoms with Crippen LogP contribution < -0.4 is 10.6 Å². The van der Waals surface area contributed by atoms with Gasteiger partial charge < -0.3 is 15.7 Å². The summed E-state index contributed by atoms with van der Waals surface area (Å²) in [6.45, 7) is 5.11. The Hall–Kier alpha value is -2.66. The lowest BCUT2D eigenvalue weighted by molar-refractivity contribution is -0.111. The summed E-state index contributed by atoms with van der Waals surface area (Å²) in [5.74, 6) is 1.01. The van der Waals surface area contributed by atoms with E-state index in [2.05, 4.69) is 41.6 Å². The Bertz CT molecular complexity index is 692. The molecule has 132 valence electrons. The number of pyridine rings is 1. The maximum absolute atomic E-state index is 12.0. The molecule has 25 heavy (non-hydrogen) atoms. The number of hydrogen-bond donors (Lipinski definition) is 3. The van der Waals surface area contributed by atoms with Gasteiger partial charge in [-0.3, -0.25) is 4.79 Å². The van der Waals surface area contributed by atoms with Gasteiger partial charge in [0.15, 0.2) is 0 Å². The minimum atomic E-state index is -0.198. The zero-order valence-corrected chi connectivity index (χ0v) is 14.7. The van der Waals surface area contributed by atoms with E-state index in [1.54, 1.807) is 24.4 Å². The van der Waals surface area contributed by atoms with E-state index in [1.165, 1.54) is 11.6 Å². The van der Waals surface area contributed by atoms with Crippen molar-refractivity contribution < 1.29 is 9.90 Å². The summed E-state index contributed by atoms with van der Waals surface area (Å²) >= 11 is 0. The molecular formula is C20H25N3O2. The Labute approximate surface area is 148 Å². The number of rotatable bonds is 8. The Morgan fingerprint density at radius 3 is 2.56 bits per heavy atom. The fourth-order valence-corrected chi connectivity index (χ4v) is 2.22. The van der Waals surface area contributed by atoms with Gasteiger partial charge >= 0.3 is 0 Å². The van der Waals surface area contributed by atoms with E-state index >= 15 is 0 Å². The highest BCUT2D eigenvalue weighted by molar-refractivity contribution is 6.01. The first-order valence-electron chi connectivity index (χ1n) is 8.48.